The van der Waals surface area contributed by atoms with Crippen molar-refractivity contribution >= 4 is 11.6 Å². The van der Waals surface area contributed by atoms with E-state index >= 15 is 0 Å². The summed E-state index contributed by atoms with van der Waals surface area (Å²) in [6.45, 7) is 5.87. The molecule has 0 radical (unpaired) electrons. The van der Waals surface area contributed by atoms with Gasteiger partial charge in [0.15, 0.2) is 0 Å². The number of ether oxygens (including phenoxy) is 2. The van der Waals surface area contributed by atoms with Crippen LogP contribution in [0.3, 0.4) is 0 Å². The van der Waals surface area contributed by atoms with Gasteiger partial charge in [-0.3, -0.25) is 0 Å². The van der Waals surface area contributed by atoms with Gasteiger partial charge in [0.1, 0.15) is 5.75 Å². The Morgan fingerprint density at radius 1 is 1.45 bits per heavy atom. The van der Waals surface area contributed by atoms with E-state index in [4.69, 9.17) is 21.1 Å². The Labute approximate surface area is 126 Å². The maximum atomic E-state index is 6.13. The first-order valence-corrected chi connectivity index (χ1v) is 7.68. The first-order chi connectivity index (χ1) is 9.69. The van der Waals surface area contributed by atoms with Crippen LogP contribution in [0.15, 0.2) is 18.2 Å². The van der Waals surface area contributed by atoms with Gasteiger partial charge in [-0.1, -0.05) is 18.5 Å². The van der Waals surface area contributed by atoms with Crippen molar-refractivity contribution in [3.05, 3.63) is 28.8 Å². The molecule has 0 saturated carbocycles. The molecule has 3 nitrogen and oxygen atoms in total. The first kappa shape index (κ1) is 15.6. The Morgan fingerprint density at radius 2 is 2.30 bits per heavy atom. The molecule has 0 aliphatic carbocycles. The van der Waals surface area contributed by atoms with E-state index in [1.807, 2.05) is 18.2 Å². The SMILES string of the molecule is CCCNCC1(Cc2cc(Cl)ccc2OC)CCOC1. The highest BCUT2D eigenvalue weighted by Crippen LogP contribution is 2.36. The average Bonchev–Trinajstić information content (AvgIpc) is 2.88. The highest BCUT2D eigenvalue weighted by atomic mass is 35.5. The Balaban J connectivity index is 2.13. The summed E-state index contributed by atoms with van der Waals surface area (Å²) in [6.07, 6.45) is 3.17. The van der Waals surface area contributed by atoms with Crippen LogP contribution in [0, 0.1) is 5.41 Å². The monoisotopic (exact) mass is 297 g/mol. The van der Waals surface area contributed by atoms with Crippen molar-refractivity contribution in [1.29, 1.82) is 0 Å². The zero-order valence-corrected chi connectivity index (χ0v) is 13.1. The van der Waals surface area contributed by atoms with Gasteiger partial charge in [0.2, 0.25) is 0 Å². The van der Waals surface area contributed by atoms with Crippen molar-refractivity contribution in [2.24, 2.45) is 5.41 Å². The molecule has 1 N–H and O–H groups in total. The van der Waals surface area contributed by atoms with Crippen LogP contribution in [-0.4, -0.2) is 33.4 Å². The fourth-order valence-corrected chi connectivity index (χ4v) is 3.01. The summed E-state index contributed by atoms with van der Waals surface area (Å²) >= 11 is 6.13. The predicted molar refractivity (Wildman–Crippen MR) is 82.7 cm³/mol. The van der Waals surface area contributed by atoms with Gasteiger partial charge < -0.3 is 14.8 Å². The number of rotatable bonds is 7. The molecule has 1 heterocycles. The van der Waals surface area contributed by atoms with Gasteiger partial charge in [0.05, 0.1) is 13.7 Å². The zero-order chi connectivity index (χ0) is 14.4. The topological polar surface area (TPSA) is 30.5 Å². The maximum Gasteiger partial charge on any atom is 0.122 e. The molecule has 1 saturated heterocycles. The summed E-state index contributed by atoms with van der Waals surface area (Å²) in [7, 11) is 1.71. The number of benzene rings is 1. The summed E-state index contributed by atoms with van der Waals surface area (Å²) in [5, 5.41) is 4.30. The van der Waals surface area contributed by atoms with Gasteiger partial charge in [0, 0.05) is 23.6 Å². The van der Waals surface area contributed by atoms with Crippen molar-refractivity contribution in [2.75, 3.05) is 33.4 Å². The summed E-state index contributed by atoms with van der Waals surface area (Å²) in [5.74, 6) is 0.913. The molecular weight excluding hydrogens is 274 g/mol. The minimum atomic E-state index is 0.160. The Kier molecular flexibility index (Phi) is 5.70. The largest absolute Gasteiger partial charge is 0.496 e. The van der Waals surface area contributed by atoms with E-state index in [2.05, 4.69) is 12.2 Å². The first-order valence-electron chi connectivity index (χ1n) is 7.30. The second-order valence-electron chi connectivity index (χ2n) is 5.61. The molecule has 1 aromatic rings. The average molecular weight is 298 g/mol. The van der Waals surface area contributed by atoms with Crippen LogP contribution < -0.4 is 10.1 Å². The Bertz CT molecular complexity index is 430. The molecule has 1 fully saturated rings. The molecule has 0 amide bonds. The van der Waals surface area contributed by atoms with E-state index < -0.39 is 0 Å². The van der Waals surface area contributed by atoms with Crippen LogP contribution >= 0.6 is 11.6 Å². The molecule has 1 aromatic carbocycles. The van der Waals surface area contributed by atoms with E-state index in [1.54, 1.807) is 7.11 Å². The van der Waals surface area contributed by atoms with Gasteiger partial charge in [0.25, 0.3) is 0 Å². The molecule has 4 heteroatoms. The van der Waals surface area contributed by atoms with Crippen molar-refractivity contribution in [2.45, 2.75) is 26.2 Å². The number of nitrogens with one attached hydrogen (secondary N) is 1. The number of halogens is 1. The van der Waals surface area contributed by atoms with E-state index in [9.17, 15) is 0 Å². The fourth-order valence-electron chi connectivity index (χ4n) is 2.81. The third-order valence-electron chi connectivity index (χ3n) is 3.92. The van der Waals surface area contributed by atoms with Gasteiger partial charge in [-0.15, -0.1) is 0 Å². The number of hydrogen-bond acceptors (Lipinski definition) is 3. The zero-order valence-electron chi connectivity index (χ0n) is 12.4. The fraction of sp³-hybridized carbons (Fsp3) is 0.625. The molecule has 0 spiro atoms. The smallest absolute Gasteiger partial charge is 0.122 e. The molecule has 20 heavy (non-hydrogen) atoms. The molecular formula is C16H24ClNO2. The van der Waals surface area contributed by atoms with E-state index in [-0.39, 0.29) is 5.41 Å². The molecule has 1 aliphatic rings. The van der Waals surface area contributed by atoms with Crippen LogP contribution in [0.4, 0.5) is 0 Å². The van der Waals surface area contributed by atoms with Gasteiger partial charge in [-0.2, -0.15) is 0 Å². The second-order valence-corrected chi connectivity index (χ2v) is 6.05. The summed E-state index contributed by atoms with van der Waals surface area (Å²) in [6, 6.07) is 5.83. The summed E-state index contributed by atoms with van der Waals surface area (Å²) in [5.41, 5.74) is 1.33. The maximum absolute atomic E-state index is 6.13. The lowest BCUT2D eigenvalue weighted by Crippen LogP contribution is -2.37. The lowest BCUT2D eigenvalue weighted by Gasteiger charge is -2.28. The van der Waals surface area contributed by atoms with Crippen molar-refractivity contribution < 1.29 is 9.47 Å². The van der Waals surface area contributed by atoms with Crippen molar-refractivity contribution in [3.8, 4) is 5.75 Å². The van der Waals surface area contributed by atoms with E-state index in [0.717, 1.165) is 56.3 Å². The van der Waals surface area contributed by atoms with Crippen LogP contribution in [0.25, 0.3) is 0 Å². The number of methoxy groups -OCH3 is 1. The second kappa shape index (κ2) is 7.30. The van der Waals surface area contributed by atoms with Crippen LogP contribution in [0.1, 0.15) is 25.3 Å². The predicted octanol–water partition coefficient (Wildman–Crippen LogP) is 3.30. The highest BCUT2D eigenvalue weighted by molar-refractivity contribution is 6.30. The number of hydrogen-bond donors (Lipinski definition) is 1. The molecule has 1 aliphatic heterocycles. The van der Waals surface area contributed by atoms with Crippen LogP contribution in [-0.2, 0) is 11.2 Å². The molecule has 2 rings (SSSR count). The Hall–Kier alpha value is -0.770. The molecule has 1 unspecified atom stereocenters. The van der Waals surface area contributed by atoms with Gasteiger partial charge >= 0.3 is 0 Å². The Morgan fingerprint density at radius 3 is 2.95 bits per heavy atom. The quantitative estimate of drug-likeness (QED) is 0.783. The molecule has 1 atom stereocenters. The third-order valence-corrected chi connectivity index (χ3v) is 4.15. The van der Waals surface area contributed by atoms with E-state index in [1.165, 1.54) is 5.56 Å². The van der Waals surface area contributed by atoms with Gasteiger partial charge in [-0.25, -0.2) is 0 Å². The normalized spacial score (nSPS) is 22.1. The van der Waals surface area contributed by atoms with Gasteiger partial charge in [-0.05, 0) is 49.6 Å². The third kappa shape index (κ3) is 3.87. The highest BCUT2D eigenvalue weighted by Gasteiger charge is 2.35. The molecule has 112 valence electrons. The summed E-state index contributed by atoms with van der Waals surface area (Å²) < 4.78 is 11.1. The van der Waals surface area contributed by atoms with Crippen LogP contribution in [0.2, 0.25) is 5.02 Å². The van der Waals surface area contributed by atoms with E-state index in [0.29, 0.717) is 0 Å². The lowest BCUT2D eigenvalue weighted by atomic mass is 9.80. The molecule has 0 bridgehead atoms. The standard InChI is InChI=1S/C16H24ClNO2/c1-3-7-18-11-16(6-8-20-12-16)10-13-9-14(17)4-5-15(13)19-2/h4-5,9,18H,3,6-8,10-12H2,1-2H3. The lowest BCUT2D eigenvalue weighted by molar-refractivity contribution is 0.149. The molecule has 0 aromatic heterocycles. The van der Waals surface area contributed by atoms with Crippen LogP contribution in [0.5, 0.6) is 5.75 Å². The summed E-state index contributed by atoms with van der Waals surface area (Å²) in [4.78, 5) is 0. The minimum Gasteiger partial charge on any atom is -0.496 e. The minimum absolute atomic E-state index is 0.160. The van der Waals surface area contributed by atoms with Crippen molar-refractivity contribution in [1.82, 2.24) is 5.32 Å². The van der Waals surface area contributed by atoms with Crippen molar-refractivity contribution in [3.63, 3.8) is 0 Å².